The van der Waals surface area contributed by atoms with E-state index in [0.29, 0.717) is 18.2 Å². The lowest BCUT2D eigenvalue weighted by molar-refractivity contribution is 0.410. The highest BCUT2D eigenvalue weighted by molar-refractivity contribution is 5.37. The van der Waals surface area contributed by atoms with Crippen molar-refractivity contribution in [1.29, 1.82) is 0 Å². The van der Waals surface area contributed by atoms with Gasteiger partial charge in [0, 0.05) is 29.7 Å². The SMILES string of the molecule is COc1ccccc1Cc1nc(N)cc(C2CCCC2)n1. The van der Waals surface area contributed by atoms with Crippen molar-refractivity contribution in [3.63, 3.8) is 0 Å². The van der Waals surface area contributed by atoms with Gasteiger partial charge in [-0.2, -0.15) is 0 Å². The minimum absolute atomic E-state index is 0.548. The van der Waals surface area contributed by atoms with Crippen LogP contribution in [-0.4, -0.2) is 17.1 Å². The Labute approximate surface area is 125 Å². The Morgan fingerprint density at radius 2 is 1.95 bits per heavy atom. The number of hydrogen-bond donors (Lipinski definition) is 1. The summed E-state index contributed by atoms with van der Waals surface area (Å²) in [6.07, 6.45) is 5.65. The normalized spacial score (nSPS) is 15.3. The molecule has 0 spiro atoms. The molecule has 1 fully saturated rings. The number of hydrogen-bond acceptors (Lipinski definition) is 4. The molecule has 2 aromatic rings. The summed E-state index contributed by atoms with van der Waals surface area (Å²) in [6.45, 7) is 0. The van der Waals surface area contributed by atoms with Crippen molar-refractivity contribution in [2.75, 3.05) is 12.8 Å². The summed E-state index contributed by atoms with van der Waals surface area (Å²) < 4.78 is 5.39. The monoisotopic (exact) mass is 283 g/mol. The zero-order valence-electron chi connectivity index (χ0n) is 12.4. The molecule has 21 heavy (non-hydrogen) atoms. The van der Waals surface area contributed by atoms with Crippen LogP contribution in [0.1, 0.15) is 48.7 Å². The van der Waals surface area contributed by atoms with Crippen LogP contribution >= 0.6 is 0 Å². The van der Waals surface area contributed by atoms with Crippen LogP contribution in [0.25, 0.3) is 0 Å². The number of nitrogens with two attached hydrogens (primary N) is 1. The Hall–Kier alpha value is -2.10. The predicted molar refractivity (Wildman–Crippen MR) is 83.5 cm³/mol. The summed E-state index contributed by atoms with van der Waals surface area (Å²) in [4.78, 5) is 9.13. The third kappa shape index (κ3) is 3.15. The van der Waals surface area contributed by atoms with Gasteiger partial charge in [-0.15, -0.1) is 0 Å². The molecule has 4 nitrogen and oxygen atoms in total. The molecule has 3 rings (SSSR count). The van der Waals surface area contributed by atoms with E-state index in [9.17, 15) is 0 Å². The minimum Gasteiger partial charge on any atom is -0.496 e. The fraction of sp³-hybridized carbons (Fsp3) is 0.412. The van der Waals surface area contributed by atoms with Gasteiger partial charge in [0.1, 0.15) is 17.4 Å². The summed E-state index contributed by atoms with van der Waals surface area (Å²) in [5, 5.41) is 0. The van der Waals surface area contributed by atoms with Gasteiger partial charge in [-0.05, 0) is 18.9 Å². The first kappa shape index (κ1) is 13.9. The number of anilines is 1. The fourth-order valence-corrected chi connectivity index (χ4v) is 3.07. The number of ether oxygens (including phenoxy) is 1. The highest BCUT2D eigenvalue weighted by Gasteiger charge is 2.19. The van der Waals surface area contributed by atoms with Crippen molar-refractivity contribution < 1.29 is 4.74 Å². The van der Waals surface area contributed by atoms with Crippen LogP contribution in [0, 0.1) is 0 Å². The van der Waals surface area contributed by atoms with Crippen molar-refractivity contribution in [3.05, 3.63) is 47.4 Å². The molecule has 0 radical (unpaired) electrons. The molecule has 110 valence electrons. The molecule has 1 aliphatic carbocycles. The molecule has 4 heteroatoms. The zero-order chi connectivity index (χ0) is 14.7. The van der Waals surface area contributed by atoms with Crippen molar-refractivity contribution in [2.45, 2.75) is 38.0 Å². The molecule has 1 heterocycles. The van der Waals surface area contributed by atoms with E-state index in [4.69, 9.17) is 15.5 Å². The van der Waals surface area contributed by atoms with E-state index >= 15 is 0 Å². The van der Waals surface area contributed by atoms with Gasteiger partial charge < -0.3 is 10.5 Å². The lowest BCUT2D eigenvalue weighted by atomic mass is 10.0. The molecule has 0 saturated heterocycles. The van der Waals surface area contributed by atoms with Gasteiger partial charge in [-0.3, -0.25) is 0 Å². The summed E-state index contributed by atoms with van der Waals surface area (Å²) in [7, 11) is 1.68. The molecule has 0 aliphatic heterocycles. The van der Waals surface area contributed by atoms with E-state index in [2.05, 4.69) is 4.98 Å². The van der Waals surface area contributed by atoms with Gasteiger partial charge in [0.2, 0.25) is 0 Å². The molecule has 1 aromatic carbocycles. The van der Waals surface area contributed by atoms with Gasteiger partial charge in [-0.25, -0.2) is 9.97 Å². The predicted octanol–water partition coefficient (Wildman–Crippen LogP) is 3.32. The highest BCUT2D eigenvalue weighted by atomic mass is 16.5. The minimum atomic E-state index is 0.548. The van der Waals surface area contributed by atoms with Crippen molar-refractivity contribution >= 4 is 5.82 Å². The Morgan fingerprint density at radius 1 is 1.19 bits per heavy atom. The molecular weight excluding hydrogens is 262 g/mol. The first-order valence-corrected chi connectivity index (χ1v) is 7.51. The average Bonchev–Trinajstić information content (AvgIpc) is 3.01. The van der Waals surface area contributed by atoms with E-state index in [0.717, 1.165) is 22.8 Å². The first-order chi connectivity index (χ1) is 10.3. The molecule has 0 atom stereocenters. The van der Waals surface area contributed by atoms with Crippen LogP contribution in [0.2, 0.25) is 0 Å². The van der Waals surface area contributed by atoms with Gasteiger partial charge in [0.25, 0.3) is 0 Å². The third-order valence-electron chi connectivity index (χ3n) is 4.13. The summed E-state index contributed by atoms with van der Waals surface area (Å²) in [6, 6.07) is 9.90. The lowest BCUT2D eigenvalue weighted by Gasteiger charge is -2.12. The van der Waals surface area contributed by atoms with Crippen LogP contribution in [-0.2, 0) is 6.42 Å². The number of para-hydroxylation sites is 1. The Morgan fingerprint density at radius 3 is 2.71 bits per heavy atom. The zero-order valence-corrected chi connectivity index (χ0v) is 12.4. The number of methoxy groups -OCH3 is 1. The number of nitrogen functional groups attached to an aromatic ring is 1. The Bertz CT molecular complexity index is 621. The van der Waals surface area contributed by atoms with E-state index in [1.807, 2.05) is 30.3 Å². The second-order valence-electron chi connectivity index (χ2n) is 5.60. The highest BCUT2D eigenvalue weighted by Crippen LogP contribution is 2.33. The molecule has 1 aliphatic rings. The van der Waals surface area contributed by atoms with Gasteiger partial charge in [0.15, 0.2) is 0 Å². The average molecular weight is 283 g/mol. The van der Waals surface area contributed by atoms with Crippen LogP contribution in [0.4, 0.5) is 5.82 Å². The number of nitrogens with zero attached hydrogens (tertiary/aromatic N) is 2. The molecule has 0 amide bonds. The maximum atomic E-state index is 5.97. The van der Waals surface area contributed by atoms with Crippen LogP contribution in [0.15, 0.2) is 30.3 Å². The molecular formula is C17H21N3O. The molecule has 0 bridgehead atoms. The maximum Gasteiger partial charge on any atom is 0.135 e. The Kier molecular flexibility index (Phi) is 4.04. The topological polar surface area (TPSA) is 61.0 Å². The number of aromatic nitrogens is 2. The lowest BCUT2D eigenvalue weighted by Crippen LogP contribution is -2.07. The van der Waals surface area contributed by atoms with Crippen molar-refractivity contribution in [2.24, 2.45) is 0 Å². The maximum absolute atomic E-state index is 5.97. The second-order valence-corrected chi connectivity index (χ2v) is 5.60. The quantitative estimate of drug-likeness (QED) is 0.935. The molecule has 0 unspecified atom stereocenters. The first-order valence-electron chi connectivity index (χ1n) is 7.51. The number of rotatable bonds is 4. The second kappa shape index (κ2) is 6.12. The van der Waals surface area contributed by atoms with E-state index in [-0.39, 0.29) is 0 Å². The summed E-state index contributed by atoms with van der Waals surface area (Å²) >= 11 is 0. The molecule has 2 N–H and O–H groups in total. The molecule has 1 aromatic heterocycles. The Balaban J connectivity index is 1.88. The van der Waals surface area contributed by atoms with Crippen LogP contribution < -0.4 is 10.5 Å². The summed E-state index contributed by atoms with van der Waals surface area (Å²) in [5.74, 6) is 2.76. The van der Waals surface area contributed by atoms with Crippen molar-refractivity contribution in [1.82, 2.24) is 9.97 Å². The number of benzene rings is 1. The van der Waals surface area contributed by atoms with Gasteiger partial charge >= 0.3 is 0 Å². The molecule has 1 saturated carbocycles. The van der Waals surface area contributed by atoms with Crippen LogP contribution in [0.3, 0.4) is 0 Å². The van der Waals surface area contributed by atoms with Gasteiger partial charge in [0.05, 0.1) is 7.11 Å². The largest absolute Gasteiger partial charge is 0.496 e. The standard InChI is InChI=1S/C17H21N3O/c1-21-15-9-5-4-8-13(15)10-17-19-14(11-16(18)20-17)12-6-2-3-7-12/h4-5,8-9,11-12H,2-3,6-7,10H2,1H3,(H2,18,19,20). The van der Waals surface area contributed by atoms with E-state index in [1.165, 1.54) is 25.7 Å². The van der Waals surface area contributed by atoms with Crippen molar-refractivity contribution in [3.8, 4) is 5.75 Å². The third-order valence-corrected chi connectivity index (χ3v) is 4.13. The van der Waals surface area contributed by atoms with E-state index < -0.39 is 0 Å². The van der Waals surface area contributed by atoms with E-state index in [1.54, 1.807) is 7.11 Å². The van der Waals surface area contributed by atoms with Crippen LogP contribution in [0.5, 0.6) is 5.75 Å². The summed E-state index contributed by atoms with van der Waals surface area (Å²) in [5.41, 5.74) is 8.16. The smallest absolute Gasteiger partial charge is 0.135 e. The fourth-order valence-electron chi connectivity index (χ4n) is 3.07. The van der Waals surface area contributed by atoms with Gasteiger partial charge in [-0.1, -0.05) is 31.0 Å².